The number of hydrogen-bond acceptors (Lipinski definition) is 7. The van der Waals surface area contributed by atoms with Crippen LogP contribution >= 0.6 is 0 Å². The summed E-state index contributed by atoms with van der Waals surface area (Å²) in [7, 11) is 0. The summed E-state index contributed by atoms with van der Waals surface area (Å²) >= 11 is 0. The highest BCUT2D eigenvalue weighted by atomic mass is 16.7. The Hall–Kier alpha value is -2.32. The Morgan fingerprint density at radius 2 is 1.96 bits per heavy atom. The van der Waals surface area contributed by atoms with Gasteiger partial charge in [-0.1, -0.05) is 5.16 Å². The summed E-state index contributed by atoms with van der Waals surface area (Å²) in [5.41, 5.74) is 4.65. The fraction of sp³-hybridized carbons (Fsp3) is 0.714. The molecular weight excluding hydrogens is 306 g/mol. The van der Waals surface area contributed by atoms with Crippen molar-refractivity contribution >= 4 is 23.9 Å². The molecule has 0 aromatic heterocycles. The van der Waals surface area contributed by atoms with Gasteiger partial charge < -0.3 is 20.0 Å². The molecule has 0 aliphatic carbocycles. The number of esters is 1. The van der Waals surface area contributed by atoms with Crippen LogP contribution in [0.2, 0.25) is 0 Å². The van der Waals surface area contributed by atoms with E-state index in [0.29, 0.717) is 19.4 Å². The molecule has 130 valence electrons. The number of carbonyl (C=O) groups is 3. The van der Waals surface area contributed by atoms with E-state index in [1.807, 2.05) is 0 Å². The zero-order valence-electron chi connectivity index (χ0n) is 13.8. The third-order valence-electron chi connectivity index (χ3n) is 2.87. The summed E-state index contributed by atoms with van der Waals surface area (Å²) in [6.45, 7) is 7.31. The molecule has 0 bridgehead atoms. The van der Waals surface area contributed by atoms with Gasteiger partial charge in [0.1, 0.15) is 11.6 Å². The zero-order chi connectivity index (χ0) is 17.6. The summed E-state index contributed by atoms with van der Waals surface area (Å²) < 4.78 is 9.85. The highest BCUT2D eigenvalue weighted by Crippen LogP contribution is 2.21. The summed E-state index contributed by atoms with van der Waals surface area (Å²) in [6.07, 6.45) is 0.461. The molecule has 1 rings (SSSR count). The molecule has 1 aliphatic rings. The van der Waals surface area contributed by atoms with Crippen LogP contribution in [0.4, 0.5) is 4.79 Å². The third kappa shape index (κ3) is 5.76. The molecule has 1 heterocycles. The second kappa shape index (κ2) is 7.80. The molecule has 23 heavy (non-hydrogen) atoms. The van der Waals surface area contributed by atoms with Crippen molar-refractivity contribution in [2.45, 2.75) is 52.2 Å². The van der Waals surface area contributed by atoms with Gasteiger partial charge in [-0.15, -0.1) is 0 Å². The molecule has 1 atom stereocenters. The zero-order valence-corrected chi connectivity index (χ0v) is 13.8. The number of amidine groups is 1. The van der Waals surface area contributed by atoms with E-state index < -0.39 is 35.5 Å². The molecule has 2 N–H and O–H groups in total. The average Bonchev–Trinajstić information content (AvgIpc) is 2.92. The minimum atomic E-state index is -0.879. The van der Waals surface area contributed by atoms with Gasteiger partial charge in [0.05, 0.1) is 6.61 Å². The van der Waals surface area contributed by atoms with Crippen LogP contribution in [-0.2, 0) is 23.9 Å². The van der Waals surface area contributed by atoms with Crippen LogP contribution in [0.1, 0.15) is 40.5 Å². The first-order valence-electron chi connectivity index (χ1n) is 7.36. The van der Waals surface area contributed by atoms with Gasteiger partial charge in [0.2, 0.25) is 5.84 Å². The van der Waals surface area contributed by atoms with Gasteiger partial charge in [0.15, 0.2) is 0 Å². The lowest BCUT2D eigenvalue weighted by molar-refractivity contribution is -0.149. The van der Waals surface area contributed by atoms with Crippen molar-refractivity contribution in [3.63, 3.8) is 0 Å². The van der Waals surface area contributed by atoms with Crippen LogP contribution in [0, 0.1) is 0 Å². The monoisotopic (exact) mass is 329 g/mol. The van der Waals surface area contributed by atoms with Gasteiger partial charge in [-0.3, -0.25) is 4.90 Å². The maximum atomic E-state index is 12.1. The van der Waals surface area contributed by atoms with E-state index >= 15 is 0 Å². The lowest BCUT2D eigenvalue weighted by atomic mass is 10.2. The molecule has 1 amide bonds. The molecule has 0 radical (unpaired) electrons. The number of rotatable bonds is 3. The van der Waals surface area contributed by atoms with Crippen LogP contribution in [0.25, 0.3) is 0 Å². The fourth-order valence-corrected chi connectivity index (χ4v) is 1.95. The number of hydrogen-bond donors (Lipinski definition) is 1. The minimum absolute atomic E-state index is 0.123. The molecule has 0 aromatic rings. The van der Waals surface area contributed by atoms with Crippen LogP contribution in [0.5, 0.6) is 0 Å². The summed E-state index contributed by atoms with van der Waals surface area (Å²) in [5.74, 6) is -2.22. The van der Waals surface area contributed by atoms with Crippen molar-refractivity contribution in [1.29, 1.82) is 0 Å². The van der Waals surface area contributed by atoms with Gasteiger partial charge in [-0.25, -0.2) is 14.4 Å². The first-order chi connectivity index (χ1) is 10.7. The smallest absolute Gasteiger partial charge is 0.411 e. The molecule has 1 fully saturated rings. The summed E-state index contributed by atoms with van der Waals surface area (Å²) in [4.78, 5) is 41.3. The molecule has 9 heteroatoms. The van der Waals surface area contributed by atoms with Crippen molar-refractivity contribution < 1.29 is 28.7 Å². The highest BCUT2D eigenvalue weighted by molar-refractivity contribution is 6.34. The van der Waals surface area contributed by atoms with Gasteiger partial charge in [0, 0.05) is 6.54 Å². The molecular formula is C14H23N3O6. The second-order valence-electron chi connectivity index (χ2n) is 5.94. The van der Waals surface area contributed by atoms with Crippen molar-refractivity contribution in [1.82, 2.24) is 4.90 Å². The van der Waals surface area contributed by atoms with Gasteiger partial charge in [-0.2, -0.15) is 0 Å². The summed E-state index contributed by atoms with van der Waals surface area (Å²) in [6, 6.07) is -0.816. The molecule has 0 saturated carbocycles. The first-order valence-corrected chi connectivity index (χ1v) is 7.36. The van der Waals surface area contributed by atoms with Crippen LogP contribution < -0.4 is 5.73 Å². The third-order valence-corrected chi connectivity index (χ3v) is 2.87. The second-order valence-corrected chi connectivity index (χ2v) is 5.94. The minimum Gasteiger partial charge on any atom is -0.460 e. The van der Waals surface area contributed by atoms with E-state index in [9.17, 15) is 14.4 Å². The predicted molar refractivity (Wildman–Crippen MR) is 80.3 cm³/mol. The molecule has 9 nitrogen and oxygen atoms in total. The number of carbonyl (C=O) groups excluding carboxylic acids is 3. The van der Waals surface area contributed by atoms with E-state index in [1.54, 1.807) is 27.7 Å². The fourth-order valence-electron chi connectivity index (χ4n) is 1.95. The molecule has 1 saturated heterocycles. The predicted octanol–water partition coefficient (Wildman–Crippen LogP) is 0.764. The number of amides is 1. The van der Waals surface area contributed by atoms with Gasteiger partial charge >= 0.3 is 18.0 Å². The topological polar surface area (TPSA) is 121 Å². The van der Waals surface area contributed by atoms with Gasteiger partial charge in [-0.05, 0) is 40.5 Å². The lowest BCUT2D eigenvalue weighted by Crippen LogP contribution is -2.43. The highest BCUT2D eigenvalue weighted by Gasteiger charge is 2.38. The Bertz CT molecular complexity index is 497. The average molecular weight is 329 g/mol. The maximum absolute atomic E-state index is 12.1. The quantitative estimate of drug-likeness (QED) is 0.267. The number of likely N-dealkylation sites (tertiary alicyclic amines) is 1. The molecule has 0 aromatic carbocycles. The Balaban J connectivity index is 2.66. The Labute approximate surface area is 134 Å². The van der Waals surface area contributed by atoms with Crippen molar-refractivity contribution in [3.05, 3.63) is 0 Å². The SMILES string of the molecule is CCOC(=O)/C(N)=N/OC(=O)[C@@H]1CCCN1C(=O)OC(C)(C)C. The van der Waals surface area contributed by atoms with E-state index in [-0.39, 0.29) is 6.61 Å². The normalized spacial score (nSPS) is 18.5. The van der Waals surface area contributed by atoms with Gasteiger partial charge in [0.25, 0.3) is 0 Å². The van der Waals surface area contributed by atoms with Crippen LogP contribution in [0.3, 0.4) is 0 Å². The lowest BCUT2D eigenvalue weighted by Gasteiger charge is -2.27. The van der Waals surface area contributed by atoms with Crippen LogP contribution in [0.15, 0.2) is 5.16 Å². The van der Waals surface area contributed by atoms with Crippen molar-refractivity contribution in [3.8, 4) is 0 Å². The number of ether oxygens (including phenoxy) is 2. The van der Waals surface area contributed by atoms with Crippen molar-refractivity contribution in [2.75, 3.05) is 13.2 Å². The van der Waals surface area contributed by atoms with E-state index in [1.165, 1.54) is 4.90 Å². The Morgan fingerprint density at radius 1 is 1.30 bits per heavy atom. The Morgan fingerprint density at radius 3 is 2.52 bits per heavy atom. The van der Waals surface area contributed by atoms with Crippen molar-refractivity contribution in [2.24, 2.45) is 10.9 Å². The molecule has 0 spiro atoms. The maximum Gasteiger partial charge on any atom is 0.411 e. The number of nitrogens with two attached hydrogens (primary N) is 1. The summed E-state index contributed by atoms with van der Waals surface area (Å²) in [5, 5.41) is 3.25. The standard InChI is InChI=1S/C14H23N3O6/c1-5-21-12(19)10(15)16-23-11(18)9-7-6-8-17(9)13(20)22-14(2,3)4/h9H,5-8H2,1-4H3,(H2,15,16)/t9-/m0/s1. The number of nitrogens with zero attached hydrogens (tertiary/aromatic N) is 2. The molecule has 1 aliphatic heterocycles. The van der Waals surface area contributed by atoms with E-state index in [0.717, 1.165) is 0 Å². The van der Waals surface area contributed by atoms with E-state index in [2.05, 4.69) is 14.7 Å². The number of oxime groups is 1. The largest absolute Gasteiger partial charge is 0.460 e. The first kappa shape index (κ1) is 18.7. The van der Waals surface area contributed by atoms with E-state index in [4.69, 9.17) is 10.5 Å². The molecule has 0 unspecified atom stereocenters. The Kier molecular flexibility index (Phi) is 6.35. The van der Waals surface area contributed by atoms with Crippen LogP contribution in [-0.4, -0.2) is 53.6 Å².